The highest BCUT2D eigenvalue weighted by atomic mass is 16.3. The van der Waals surface area contributed by atoms with Crippen LogP contribution >= 0.6 is 0 Å². The normalized spacial score (nSPS) is 12.2. The van der Waals surface area contributed by atoms with E-state index in [9.17, 15) is 0 Å². The second-order valence-electron chi connectivity index (χ2n) is 5.41. The highest BCUT2D eigenvalue weighted by Gasteiger charge is 2.22. The van der Waals surface area contributed by atoms with E-state index in [1.807, 2.05) is 20.9 Å². The average molecular weight is 240 g/mol. The van der Waals surface area contributed by atoms with Gasteiger partial charge in [0, 0.05) is 19.2 Å². The first-order valence-corrected chi connectivity index (χ1v) is 6.00. The van der Waals surface area contributed by atoms with Gasteiger partial charge < -0.3 is 16.2 Å². The molecule has 0 aliphatic rings. The number of hydrogen-bond donors (Lipinski definition) is 3. The fourth-order valence-electron chi connectivity index (χ4n) is 1.80. The first-order valence-electron chi connectivity index (χ1n) is 6.00. The molecule has 0 saturated heterocycles. The molecular formula is C12H24N4O. The number of aromatic nitrogens is 2. The molecule has 0 amide bonds. The lowest BCUT2D eigenvalue weighted by molar-refractivity contribution is 0.260. The largest absolute Gasteiger partial charge is 0.396 e. The lowest BCUT2D eigenvalue weighted by Gasteiger charge is -2.26. The van der Waals surface area contributed by atoms with E-state index in [1.165, 1.54) is 0 Å². The van der Waals surface area contributed by atoms with E-state index in [2.05, 4.69) is 24.3 Å². The number of aryl methyl sites for hydroxylation is 1. The van der Waals surface area contributed by atoms with Gasteiger partial charge >= 0.3 is 0 Å². The SMILES string of the molecule is CC(C)c1nn(C)c(NC(C)(C)CCO)c1N. The second kappa shape index (κ2) is 4.96. The molecule has 0 fully saturated rings. The first kappa shape index (κ1) is 13.8. The quantitative estimate of drug-likeness (QED) is 0.732. The predicted octanol–water partition coefficient (Wildman–Crippen LogP) is 1.70. The number of anilines is 2. The molecule has 98 valence electrons. The summed E-state index contributed by atoms with van der Waals surface area (Å²) < 4.78 is 1.77. The van der Waals surface area contributed by atoms with E-state index in [1.54, 1.807) is 4.68 Å². The number of nitrogens with one attached hydrogen (secondary N) is 1. The van der Waals surface area contributed by atoms with Gasteiger partial charge in [-0.3, -0.25) is 4.68 Å². The monoisotopic (exact) mass is 240 g/mol. The third-order valence-corrected chi connectivity index (χ3v) is 2.85. The molecule has 0 spiro atoms. The van der Waals surface area contributed by atoms with E-state index in [0.717, 1.165) is 11.5 Å². The van der Waals surface area contributed by atoms with Crippen LogP contribution in [-0.4, -0.2) is 27.0 Å². The minimum atomic E-state index is -0.203. The summed E-state index contributed by atoms with van der Waals surface area (Å²) in [5.74, 6) is 1.13. The number of nitrogens with zero attached hydrogens (tertiary/aromatic N) is 2. The molecule has 1 rings (SSSR count). The molecule has 0 atom stereocenters. The van der Waals surface area contributed by atoms with Crippen LogP contribution in [0.3, 0.4) is 0 Å². The van der Waals surface area contributed by atoms with Crippen molar-refractivity contribution in [3.05, 3.63) is 5.69 Å². The van der Waals surface area contributed by atoms with E-state index < -0.39 is 0 Å². The van der Waals surface area contributed by atoms with Crippen LogP contribution < -0.4 is 11.1 Å². The molecule has 0 saturated carbocycles. The molecule has 1 heterocycles. The van der Waals surface area contributed by atoms with Crippen molar-refractivity contribution in [2.75, 3.05) is 17.7 Å². The number of aliphatic hydroxyl groups excluding tert-OH is 1. The number of rotatable bonds is 5. The van der Waals surface area contributed by atoms with Gasteiger partial charge in [-0.25, -0.2) is 0 Å². The van der Waals surface area contributed by atoms with E-state index in [0.29, 0.717) is 18.0 Å². The summed E-state index contributed by atoms with van der Waals surface area (Å²) in [6.07, 6.45) is 0.661. The van der Waals surface area contributed by atoms with Crippen molar-refractivity contribution in [1.29, 1.82) is 0 Å². The molecule has 17 heavy (non-hydrogen) atoms. The van der Waals surface area contributed by atoms with Crippen LogP contribution in [0.5, 0.6) is 0 Å². The Balaban J connectivity index is 2.99. The number of hydrogen-bond acceptors (Lipinski definition) is 4. The summed E-state index contributed by atoms with van der Waals surface area (Å²) >= 11 is 0. The third kappa shape index (κ3) is 3.12. The Kier molecular flexibility index (Phi) is 4.03. The Morgan fingerprint density at radius 1 is 1.47 bits per heavy atom. The van der Waals surface area contributed by atoms with Gasteiger partial charge in [-0.15, -0.1) is 0 Å². The van der Waals surface area contributed by atoms with Crippen LogP contribution in [0.15, 0.2) is 0 Å². The molecule has 1 aromatic rings. The molecule has 0 bridgehead atoms. The van der Waals surface area contributed by atoms with Gasteiger partial charge in [-0.1, -0.05) is 13.8 Å². The van der Waals surface area contributed by atoms with Crippen LogP contribution in [0, 0.1) is 0 Å². The Hall–Kier alpha value is -1.23. The maximum atomic E-state index is 9.02. The van der Waals surface area contributed by atoms with Crippen molar-refractivity contribution < 1.29 is 5.11 Å². The summed E-state index contributed by atoms with van der Waals surface area (Å²) in [7, 11) is 1.87. The van der Waals surface area contributed by atoms with Crippen molar-refractivity contribution in [3.63, 3.8) is 0 Å². The van der Waals surface area contributed by atoms with Crippen molar-refractivity contribution >= 4 is 11.5 Å². The summed E-state index contributed by atoms with van der Waals surface area (Å²) in [5.41, 5.74) is 7.51. The maximum absolute atomic E-state index is 9.02. The Morgan fingerprint density at radius 2 is 2.06 bits per heavy atom. The molecule has 4 N–H and O–H groups in total. The smallest absolute Gasteiger partial charge is 0.148 e. The van der Waals surface area contributed by atoms with Crippen molar-refractivity contribution in [2.24, 2.45) is 7.05 Å². The van der Waals surface area contributed by atoms with Crippen molar-refractivity contribution in [2.45, 2.75) is 45.6 Å². The van der Waals surface area contributed by atoms with Gasteiger partial charge in [0.1, 0.15) is 5.82 Å². The molecule has 0 aliphatic heterocycles. The molecule has 5 heteroatoms. The van der Waals surface area contributed by atoms with Gasteiger partial charge in [0.05, 0.1) is 11.4 Å². The van der Waals surface area contributed by atoms with Crippen molar-refractivity contribution in [1.82, 2.24) is 9.78 Å². The molecule has 0 aliphatic carbocycles. The Labute approximate surface area is 103 Å². The van der Waals surface area contributed by atoms with Gasteiger partial charge in [0.25, 0.3) is 0 Å². The third-order valence-electron chi connectivity index (χ3n) is 2.85. The minimum Gasteiger partial charge on any atom is -0.396 e. The molecular weight excluding hydrogens is 216 g/mol. The zero-order valence-electron chi connectivity index (χ0n) is 11.4. The molecule has 1 aromatic heterocycles. The number of aliphatic hydroxyl groups is 1. The minimum absolute atomic E-state index is 0.148. The lowest BCUT2D eigenvalue weighted by Crippen LogP contribution is -2.33. The Morgan fingerprint density at radius 3 is 2.47 bits per heavy atom. The summed E-state index contributed by atoms with van der Waals surface area (Å²) in [4.78, 5) is 0. The summed E-state index contributed by atoms with van der Waals surface area (Å²) in [6, 6.07) is 0. The second-order valence-corrected chi connectivity index (χ2v) is 5.41. The van der Waals surface area contributed by atoms with Gasteiger partial charge in [-0.2, -0.15) is 5.10 Å². The zero-order valence-corrected chi connectivity index (χ0v) is 11.4. The fraction of sp³-hybridized carbons (Fsp3) is 0.750. The Bertz CT molecular complexity index is 382. The molecule has 0 unspecified atom stereocenters. The molecule has 0 aromatic carbocycles. The van der Waals surface area contributed by atoms with Crippen LogP contribution in [0.4, 0.5) is 11.5 Å². The predicted molar refractivity (Wildman–Crippen MR) is 71.1 cm³/mol. The summed E-state index contributed by atoms with van der Waals surface area (Å²) in [6.45, 7) is 8.35. The number of nitrogens with two attached hydrogens (primary N) is 1. The molecule has 0 radical (unpaired) electrons. The van der Waals surface area contributed by atoms with Crippen LogP contribution in [-0.2, 0) is 7.05 Å². The van der Waals surface area contributed by atoms with Gasteiger partial charge in [0.15, 0.2) is 0 Å². The number of nitrogen functional groups attached to an aromatic ring is 1. The van der Waals surface area contributed by atoms with E-state index in [-0.39, 0.29) is 12.1 Å². The lowest BCUT2D eigenvalue weighted by atomic mass is 10.0. The zero-order chi connectivity index (χ0) is 13.2. The van der Waals surface area contributed by atoms with Crippen LogP contribution in [0.25, 0.3) is 0 Å². The maximum Gasteiger partial charge on any atom is 0.148 e. The van der Waals surface area contributed by atoms with Crippen LogP contribution in [0.2, 0.25) is 0 Å². The summed E-state index contributed by atoms with van der Waals surface area (Å²) in [5, 5.41) is 16.8. The van der Waals surface area contributed by atoms with E-state index >= 15 is 0 Å². The highest BCUT2D eigenvalue weighted by molar-refractivity contribution is 5.66. The average Bonchev–Trinajstić information content (AvgIpc) is 2.45. The molecule has 5 nitrogen and oxygen atoms in total. The van der Waals surface area contributed by atoms with Crippen LogP contribution in [0.1, 0.15) is 45.7 Å². The van der Waals surface area contributed by atoms with E-state index in [4.69, 9.17) is 10.8 Å². The van der Waals surface area contributed by atoms with Gasteiger partial charge in [0.2, 0.25) is 0 Å². The topological polar surface area (TPSA) is 76.1 Å². The van der Waals surface area contributed by atoms with Gasteiger partial charge in [-0.05, 0) is 26.2 Å². The standard InChI is InChI=1S/C12H24N4O/c1-8(2)10-9(13)11(16(5)15-10)14-12(3,4)6-7-17/h8,14,17H,6-7,13H2,1-5H3. The fourth-order valence-corrected chi connectivity index (χ4v) is 1.80. The first-order chi connectivity index (χ1) is 7.78. The highest BCUT2D eigenvalue weighted by Crippen LogP contribution is 2.30. The van der Waals surface area contributed by atoms with Crippen molar-refractivity contribution in [3.8, 4) is 0 Å².